The molecule has 0 bridgehead atoms. The summed E-state index contributed by atoms with van der Waals surface area (Å²) in [5, 5.41) is 8.87. The SMILES string of the molecule is Cc1cccc(-c2nnc(COC(=O)CCc3nc4ccccc4s3)o2)c1. The Morgan fingerprint density at radius 1 is 1.15 bits per heavy atom. The molecule has 6 nitrogen and oxygen atoms in total. The summed E-state index contributed by atoms with van der Waals surface area (Å²) in [6.07, 6.45) is 0.815. The number of aromatic nitrogens is 3. The van der Waals surface area contributed by atoms with E-state index in [0.29, 0.717) is 12.3 Å². The van der Waals surface area contributed by atoms with Crippen molar-refractivity contribution in [2.75, 3.05) is 0 Å². The second kappa shape index (κ2) is 7.67. The Kier molecular flexibility index (Phi) is 4.93. The van der Waals surface area contributed by atoms with Crippen LogP contribution in [0.1, 0.15) is 22.9 Å². The van der Waals surface area contributed by atoms with Gasteiger partial charge < -0.3 is 9.15 Å². The van der Waals surface area contributed by atoms with Crippen LogP contribution in [0.3, 0.4) is 0 Å². The number of hydrogen-bond donors (Lipinski definition) is 0. The van der Waals surface area contributed by atoms with Crippen LogP contribution in [-0.2, 0) is 22.6 Å². The van der Waals surface area contributed by atoms with Gasteiger partial charge in [0.05, 0.1) is 21.6 Å². The largest absolute Gasteiger partial charge is 0.456 e. The van der Waals surface area contributed by atoms with Crippen LogP contribution in [0, 0.1) is 6.92 Å². The highest BCUT2D eigenvalue weighted by Crippen LogP contribution is 2.23. The molecule has 27 heavy (non-hydrogen) atoms. The van der Waals surface area contributed by atoms with Crippen molar-refractivity contribution in [2.45, 2.75) is 26.4 Å². The van der Waals surface area contributed by atoms with Crippen molar-refractivity contribution in [3.8, 4) is 11.5 Å². The lowest BCUT2D eigenvalue weighted by Crippen LogP contribution is -2.06. The molecule has 7 heteroatoms. The molecule has 4 rings (SSSR count). The molecule has 0 fully saturated rings. The van der Waals surface area contributed by atoms with Crippen molar-refractivity contribution in [3.63, 3.8) is 0 Å². The predicted octanol–water partition coefficient (Wildman–Crippen LogP) is 4.33. The first-order chi connectivity index (χ1) is 13.2. The molecule has 0 radical (unpaired) electrons. The highest BCUT2D eigenvalue weighted by molar-refractivity contribution is 7.18. The third-order valence-corrected chi connectivity index (χ3v) is 5.07. The first-order valence-electron chi connectivity index (χ1n) is 8.57. The number of rotatable bonds is 6. The first-order valence-corrected chi connectivity index (χ1v) is 9.38. The maximum Gasteiger partial charge on any atom is 0.306 e. The van der Waals surface area contributed by atoms with Gasteiger partial charge in [-0.15, -0.1) is 21.5 Å². The van der Waals surface area contributed by atoms with Gasteiger partial charge in [0.1, 0.15) is 0 Å². The maximum absolute atomic E-state index is 12.0. The minimum absolute atomic E-state index is 0.0303. The van der Waals surface area contributed by atoms with E-state index in [0.717, 1.165) is 26.4 Å². The predicted molar refractivity (Wildman–Crippen MR) is 102 cm³/mol. The van der Waals surface area contributed by atoms with Crippen LogP contribution in [0.4, 0.5) is 0 Å². The lowest BCUT2D eigenvalue weighted by molar-refractivity contribution is -0.145. The molecule has 136 valence electrons. The molecular weight excluding hydrogens is 362 g/mol. The summed E-state index contributed by atoms with van der Waals surface area (Å²) >= 11 is 1.60. The molecule has 0 N–H and O–H groups in total. The zero-order valence-corrected chi connectivity index (χ0v) is 15.5. The Bertz CT molecular complexity index is 1050. The number of fused-ring (bicyclic) bond motifs is 1. The van der Waals surface area contributed by atoms with Crippen LogP contribution in [0.25, 0.3) is 21.7 Å². The van der Waals surface area contributed by atoms with Crippen LogP contribution in [0.15, 0.2) is 52.9 Å². The quantitative estimate of drug-likeness (QED) is 0.464. The monoisotopic (exact) mass is 379 g/mol. The van der Waals surface area contributed by atoms with Gasteiger partial charge in [-0.25, -0.2) is 4.98 Å². The van der Waals surface area contributed by atoms with Crippen molar-refractivity contribution in [1.29, 1.82) is 0 Å². The highest BCUT2D eigenvalue weighted by atomic mass is 32.1. The smallest absolute Gasteiger partial charge is 0.306 e. The van der Waals surface area contributed by atoms with Crippen LogP contribution in [0.2, 0.25) is 0 Å². The average Bonchev–Trinajstić information content (AvgIpc) is 3.31. The van der Waals surface area contributed by atoms with Gasteiger partial charge in [-0.2, -0.15) is 0 Å². The topological polar surface area (TPSA) is 78.1 Å². The molecule has 0 aliphatic carbocycles. The van der Waals surface area contributed by atoms with Crippen molar-refractivity contribution >= 4 is 27.5 Å². The highest BCUT2D eigenvalue weighted by Gasteiger charge is 2.12. The van der Waals surface area contributed by atoms with Crippen molar-refractivity contribution in [1.82, 2.24) is 15.2 Å². The average molecular weight is 379 g/mol. The van der Waals surface area contributed by atoms with Gasteiger partial charge in [0.25, 0.3) is 5.89 Å². The number of hydrogen-bond acceptors (Lipinski definition) is 7. The molecule has 2 heterocycles. The lowest BCUT2D eigenvalue weighted by Gasteiger charge is -2.00. The fourth-order valence-electron chi connectivity index (χ4n) is 2.66. The van der Waals surface area contributed by atoms with Crippen molar-refractivity contribution in [2.24, 2.45) is 0 Å². The molecular formula is C20H17N3O3S. The van der Waals surface area contributed by atoms with Gasteiger partial charge in [-0.3, -0.25) is 4.79 Å². The van der Waals surface area contributed by atoms with Gasteiger partial charge in [0.2, 0.25) is 5.89 Å². The summed E-state index contributed by atoms with van der Waals surface area (Å²) in [5.41, 5.74) is 2.91. The molecule has 0 unspecified atom stereocenters. The third kappa shape index (κ3) is 4.20. The molecule has 4 aromatic rings. The second-order valence-corrected chi connectivity index (χ2v) is 7.22. The third-order valence-electron chi connectivity index (χ3n) is 3.97. The Morgan fingerprint density at radius 2 is 2.04 bits per heavy atom. The van der Waals surface area contributed by atoms with E-state index in [9.17, 15) is 4.79 Å². The van der Waals surface area contributed by atoms with E-state index in [1.807, 2.05) is 55.5 Å². The Balaban J connectivity index is 1.30. The van der Waals surface area contributed by atoms with Crippen LogP contribution < -0.4 is 0 Å². The minimum Gasteiger partial charge on any atom is -0.456 e. The molecule has 0 saturated heterocycles. The van der Waals surface area contributed by atoms with E-state index in [4.69, 9.17) is 9.15 Å². The normalized spacial score (nSPS) is 11.0. The number of carbonyl (C=O) groups excluding carboxylic acids is 1. The molecule has 0 saturated carbocycles. The maximum atomic E-state index is 12.0. The van der Waals surface area contributed by atoms with E-state index >= 15 is 0 Å². The van der Waals surface area contributed by atoms with Gasteiger partial charge >= 0.3 is 5.97 Å². The molecule has 0 aliphatic rings. The molecule has 0 amide bonds. The molecule has 0 aliphatic heterocycles. The zero-order chi connectivity index (χ0) is 18.6. The fraction of sp³-hybridized carbons (Fsp3) is 0.200. The molecule has 2 aromatic heterocycles. The van der Waals surface area contributed by atoms with Crippen LogP contribution >= 0.6 is 11.3 Å². The summed E-state index contributed by atoms with van der Waals surface area (Å²) < 4.78 is 11.9. The van der Waals surface area contributed by atoms with E-state index in [2.05, 4.69) is 15.2 Å². The van der Waals surface area contributed by atoms with Gasteiger partial charge in [0, 0.05) is 12.0 Å². The van der Waals surface area contributed by atoms with Crippen LogP contribution in [0.5, 0.6) is 0 Å². The van der Waals surface area contributed by atoms with Gasteiger partial charge in [-0.1, -0.05) is 29.8 Å². The summed E-state index contributed by atoms with van der Waals surface area (Å²) in [6.45, 7) is 1.96. The van der Waals surface area contributed by atoms with E-state index in [-0.39, 0.29) is 24.9 Å². The first kappa shape index (κ1) is 17.4. The molecule has 0 atom stereocenters. The minimum atomic E-state index is -0.315. The Hall–Kier alpha value is -3.06. The van der Waals surface area contributed by atoms with Gasteiger partial charge in [-0.05, 0) is 31.2 Å². The number of carbonyl (C=O) groups is 1. The number of aryl methyl sites for hydroxylation is 2. The number of ether oxygens (including phenoxy) is 1. The summed E-state index contributed by atoms with van der Waals surface area (Å²) in [5.74, 6) is 0.378. The van der Waals surface area contributed by atoms with E-state index in [1.165, 1.54) is 0 Å². The molecule has 2 aromatic carbocycles. The number of para-hydroxylation sites is 1. The van der Waals surface area contributed by atoms with E-state index < -0.39 is 0 Å². The summed E-state index contributed by atoms with van der Waals surface area (Å²) in [4.78, 5) is 16.5. The van der Waals surface area contributed by atoms with E-state index in [1.54, 1.807) is 11.3 Å². The second-order valence-electron chi connectivity index (χ2n) is 6.11. The van der Waals surface area contributed by atoms with Crippen molar-refractivity contribution < 1.29 is 13.9 Å². The standard InChI is InChI=1S/C20H17N3O3S/c1-13-5-4-6-14(11-13)20-23-22-17(26-20)12-25-19(24)10-9-18-21-15-7-2-3-8-16(15)27-18/h2-8,11H,9-10,12H2,1H3. The Morgan fingerprint density at radius 3 is 2.89 bits per heavy atom. The number of nitrogens with zero attached hydrogens (tertiary/aromatic N) is 3. The summed E-state index contributed by atoms with van der Waals surface area (Å²) in [6, 6.07) is 15.7. The van der Waals surface area contributed by atoms with Gasteiger partial charge in [0.15, 0.2) is 6.61 Å². The Labute approximate surface area is 159 Å². The van der Waals surface area contributed by atoms with Crippen molar-refractivity contribution in [3.05, 3.63) is 65.0 Å². The number of benzene rings is 2. The lowest BCUT2D eigenvalue weighted by atomic mass is 10.1. The zero-order valence-electron chi connectivity index (χ0n) is 14.7. The van der Waals surface area contributed by atoms with Crippen LogP contribution in [-0.4, -0.2) is 21.2 Å². The fourth-order valence-corrected chi connectivity index (χ4v) is 3.62. The number of thiazole rings is 1. The summed E-state index contributed by atoms with van der Waals surface area (Å²) in [7, 11) is 0. The number of esters is 1. The molecule has 0 spiro atoms.